The number of nitrogens with zero attached hydrogens (tertiary/aromatic N) is 2. The highest BCUT2D eigenvalue weighted by Gasteiger charge is 2.23. The number of ether oxygens (including phenoxy) is 1. The van der Waals surface area contributed by atoms with Gasteiger partial charge >= 0.3 is 5.97 Å². The van der Waals surface area contributed by atoms with Crippen LogP contribution in [0.25, 0.3) is 16.8 Å². The molecule has 0 atom stereocenters. The molecular formula is C22H14N2O4. The van der Waals surface area contributed by atoms with Crippen LogP contribution < -0.4 is 0 Å². The number of hydrogen-bond donors (Lipinski definition) is 0. The number of allylic oxidation sites excluding steroid dienone is 2. The summed E-state index contributed by atoms with van der Waals surface area (Å²) < 4.78 is 5.28. The fourth-order valence-corrected chi connectivity index (χ4v) is 2.86. The van der Waals surface area contributed by atoms with Crippen LogP contribution in [-0.4, -0.2) is 16.8 Å². The Labute approximate surface area is 160 Å². The van der Waals surface area contributed by atoms with E-state index >= 15 is 0 Å². The van der Waals surface area contributed by atoms with Crippen molar-refractivity contribution in [1.82, 2.24) is 0 Å². The number of carbonyl (C=O) groups is 1. The van der Waals surface area contributed by atoms with E-state index in [9.17, 15) is 14.9 Å². The van der Waals surface area contributed by atoms with Crippen molar-refractivity contribution in [2.45, 2.75) is 0 Å². The number of rotatable bonds is 4. The molecule has 0 amide bonds. The van der Waals surface area contributed by atoms with Crippen molar-refractivity contribution in [1.29, 1.82) is 0 Å². The average Bonchev–Trinajstić information content (AvgIpc) is 3.08. The lowest BCUT2D eigenvalue weighted by Crippen LogP contribution is -2.05. The van der Waals surface area contributed by atoms with Crippen LogP contribution in [0.4, 0.5) is 5.69 Å². The van der Waals surface area contributed by atoms with E-state index in [1.807, 2.05) is 42.5 Å². The SMILES string of the molecule is O=C1OC(c2ccc3ccccc3c2)=NC1=CC=Cc1cccc([N+](=O)[O-])c1. The van der Waals surface area contributed by atoms with Crippen LogP contribution in [0.15, 0.2) is 89.6 Å². The Morgan fingerprint density at radius 3 is 2.61 bits per heavy atom. The number of hydrogen-bond acceptors (Lipinski definition) is 5. The summed E-state index contributed by atoms with van der Waals surface area (Å²) in [4.78, 5) is 26.7. The lowest BCUT2D eigenvalue weighted by molar-refractivity contribution is -0.384. The minimum atomic E-state index is -0.535. The summed E-state index contributed by atoms with van der Waals surface area (Å²) in [6, 6.07) is 19.8. The number of cyclic esters (lactones) is 1. The first-order chi connectivity index (χ1) is 13.6. The van der Waals surface area contributed by atoms with Gasteiger partial charge in [-0.15, -0.1) is 0 Å². The van der Waals surface area contributed by atoms with Gasteiger partial charge in [0.1, 0.15) is 0 Å². The van der Waals surface area contributed by atoms with Gasteiger partial charge in [-0.2, -0.15) is 0 Å². The molecule has 0 unspecified atom stereocenters. The van der Waals surface area contributed by atoms with Crippen molar-refractivity contribution >= 4 is 34.4 Å². The normalized spacial score (nSPS) is 15.2. The Kier molecular flexibility index (Phi) is 4.51. The number of benzene rings is 3. The zero-order valence-corrected chi connectivity index (χ0v) is 14.6. The quantitative estimate of drug-likeness (QED) is 0.290. The van der Waals surface area contributed by atoms with Gasteiger partial charge in [-0.1, -0.05) is 54.6 Å². The molecule has 0 saturated heterocycles. The third-order valence-electron chi connectivity index (χ3n) is 4.24. The summed E-state index contributed by atoms with van der Waals surface area (Å²) >= 11 is 0. The molecule has 0 bridgehead atoms. The maximum atomic E-state index is 12.1. The number of fused-ring (bicyclic) bond motifs is 1. The van der Waals surface area contributed by atoms with Crippen LogP contribution >= 0.6 is 0 Å². The second-order valence-corrected chi connectivity index (χ2v) is 6.13. The Morgan fingerprint density at radius 1 is 0.964 bits per heavy atom. The van der Waals surface area contributed by atoms with Gasteiger partial charge in [0.2, 0.25) is 5.90 Å². The number of esters is 1. The molecule has 0 radical (unpaired) electrons. The zero-order valence-electron chi connectivity index (χ0n) is 14.6. The van der Waals surface area contributed by atoms with Gasteiger partial charge in [0, 0.05) is 17.7 Å². The first-order valence-corrected chi connectivity index (χ1v) is 8.53. The first-order valence-electron chi connectivity index (χ1n) is 8.53. The lowest BCUT2D eigenvalue weighted by Gasteiger charge is -2.02. The molecule has 28 heavy (non-hydrogen) atoms. The van der Waals surface area contributed by atoms with Crippen LogP contribution in [-0.2, 0) is 9.53 Å². The predicted molar refractivity (Wildman–Crippen MR) is 107 cm³/mol. The molecule has 4 rings (SSSR count). The predicted octanol–water partition coefficient (Wildman–Crippen LogP) is 4.65. The summed E-state index contributed by atoms with van der Waals surface area (Å²) in [6.07, 6.45) is 4.80. The molecule has 1 aliphatic heterocycles. The average molecular weight is 370 g/mol. The molecule has 0 spiro atoms. The minimum Gasteiger partial charge on any atom is -0.402 e. The lowest BCUT2D eigenvalue weighted by atomic mass is 10.1. The maximum Gasteiger partial charge on any atom is 0.363 e. The second-order valence-electron chi connectivity index (χ2n) is 6.13. The van der Waals surface area contributed by atoms with E-state index in [1.54, 1.807) is 24.3 Å². The van der Waals surface area contributed by atoms with Gasteiger partial charge in [0.05, 0.1) is 4.92 Å². The van der Waals surface area contributed by atoms with Crippen molar-refractivity contribution in [3.05, 3.63) is 106 Å². The summed E-state index contributed by atoms with van der Waals surface area (Å²) in [5.41, 5.74) is 1.55. The van der Waals surface area contributed by atoms with Gasteiger partial charge in [0.15, 0.2) is 5.70 Å². The maximum absolute atomic E-state index is 12.1. The van der Waals surface area contributed by atoms with E-state index in [4.69, 9.17) is 4.74 Å². The summed E-state index contributed by atoms with van der Waals surface area (Å²) in [5.74, 6) is -0.280. The summed E-state index contributed by atoms with van der Waals surface area (Å²) in [5, 5.41) is 12.9. The van der Waals surface area contributed by atoms with E-state index < -0.39 is 10.9 Å². The molecule has 0 aromatic heterocycles. The third-order valence-corrected chi connectivity index (χ3v) is 4.24. The Bertz CT molecular complexity index is 1190. The number of nitro groups is 1. The molecule has 1 heterocycles. The van der Waals surface area contributed by atoms with Gasteiger partial charge in [-0.25, -0.2) is 9.79 Å². The largest absolute Gasteiger partial charge is 0.402 e. The fraction of sp³-hybridized carbons (Fsp3) is 0. The van der Waals surface area contributed by atoms with Crippen molar-refractivity contribution in [3.8, 4) is 0 Å². The first kappa shape index (κ1) is 17.4. The molecule has 0 N–H and O–H groups in total. The molecule has 3 aromatic rings. The highest BCUT2D eigenvalue weighted by molar-refractivity contribution is 6.12. The highest BCUT2D eigenvalue weighted by atomic mass is 16.6. The van der Waals surface area contributed by atoms with Crippen molar-refractivity contribution in [2.24, 2.45) is 4.99 Å². The standard InChI is InChI=1S/C22H14N2O4/c25-22-20(10-4-6-15-5-3-9-19(13-15)24(26)27)23-21(28-22)18-12-11-16-7-1-2-8-17(16)14-18/h1-14H. The van der Waals surface area contributed by atoms with Crippen LogP contribution in [0.5, 0.6) is 0 Å². The van der Waals surface area contributed by atoms with Crippen molar-refractivity contribution in [3.63, 3.8) is 0 Å². The molecule has 136 valence electrons. The van der Waals surface area contributed by atoms with E-state index in [1.165, 1.54) is 18.2 Å². The van der Waals surface area contributed by atoms with E-state index in [2.05, 4.69) is 4.99 Å². The van der Waals surface area contributed by atoms with Gasteiger partial charge in [0.25, 0.3) is 5.69 Å². The second kappa shape index (κ2) is 7.28. The van der Waals surface area contributed by atoms with Crippen LogP contribution in [0, 0.1) is 10.1 Å². The third kappa shape index (κ3) is 3.57. The Balaban J connectivity index is 1.58. The van der Waals surface area contributed by atoms with Crippen molar-refractivity contribution < 1.29 is 14.5 Å². The zero-order chi connectivity index (χ0) is 19.5. The molecule has 0 aliphatic carbocycles. The summed E-state index contributed by atoms with van der Waals surface area (Å²) in [6.45, 7) is 0. The number of nitro benzene ring substituents is 1. The monoisotopic (exact) mass is 370 g/mol. The van der Waals surface area contributed by atoms with Crippen LogP contribution in [0.3, 0.4) is 0 Å². The topological polar surface area (TPSA) is 81.8 Å². The highest BCUT2D eigenvalue weighted by Crippen LogP contribution is 2.21. The number of aliphatic imine (C=N–C) groups is 1. The van der Waals surface area contributed by atoms with E-state index in [0.717, 1.165) is 16.3 Å². The minimum absolute atomic E-state index is 0.00619. The van der Waals surface area contributed by atoms with E-state index in [-0.39, 0.29) is 17.3 Å². The number of non-ortho nitro benzene ring substituents is 1. The molecular weight excluding hydrogens is 356 g/mol. The van der Waals surface area contributed by atoms with E-state index in [0.29, 0.717) is 5.56 Å². The molecule has 3 aromatic carbocycles. The summed E-state index contributed by atoms with van der Waals surface area (Å²) in [7, 11) is 0. The molecule has 6 heteroatoms. The fourth-order valence-electron chi connectivity index (χ4n) is 2.86. The van der Waals surface area contributed by atoms with Crippen LogP contribution in [0.1, 0.15) is 11.1 Å². The Hall–Kier alpha value is -4.06. The number of carbonyl (C=O) groups excluding carboxylic acids is 1. The van der Waals surface area contributed by atoms with Crippen molar-refractivity contribution in [2.75, 3.05) is 0 Å². The van der Waals surface area contributed by atoms with Gasteiger partial charge in [-0.3, -0.25) is 10.1 Å². The molecule has 0 saturated carbocycles. The molecule has 1 aliphatic rings. The van der Waals surface area contributed by atoms with Gasteiger partial charge in [-0.05, 0) is 34.5 Å². The Morgan fingerprint density at radius 2 is 1.79 bits per heavy atom. The molecule has 6 nitrogen and oxygen atoms in total. The molecule has 0 fully saturated rings. The smallest absolute Gasteiger partial charge is 0.363 e. The van der Waals surface area contributed by atoms with Crippen LogP contribution in [0.2, 0.25) is 0 Å². The van der Waals surface area contributed by atoms with Gasteiger partial charge < -0.3 is 4.74 Å².